The maximum atomic E-state index is 11.4. The molecule has 0 radical (unpaired) electrons. The van der Waals surface area contributed by atoms with Crippen LogP contribution in [0.3, 0.4) is 0 Å². The summed E-state index contributed by atoms with van der Waals surface area (Å²) in [5, 5.41) is 13.7. The zero-order valence-corrected chi connectivity index (χ0v) is 18.0. The van der Waals surface area contributed by atoms with E-state index < -0.39 is 11.9 Å². The highest BCUT2D eigenvalue weighted by Crippen LogP contribution is 2.48. The second-order valence-electron chi connectivity index (χ2n) is 7.53. The molecule has 4 rings (SSSR count). The summed E-state index contributed by atoms with van der Waals surface area (Å²) in [6, 6.07) is 25.1. The SMILES string of the molecule is CCOC(=O)CCNCC(O)c1ccc2c(c1)OC(c1ccccc1)(c1ccccc1)O2. The second kappa shape index (κ2) is 9.85. The van der Waals surface area contributed by atoms with Gasteiger partial charge >= 0.3 is 11.8 Å². The van der Waals surface area contributed by atoms with Crippen LogP contribution in [0, 0.1) is 0 Å². The lowest BCUT2D eigenvalue weighted by Crippen LogP contribution is -2.36. The van der Waals surface area contributed by atoms with Crippen LogP contribution in [-0.2, 0) is 15.3 Å². The number of aliphatic hydroxyl groups excluding tert-OH is 1. The molecule has 3 aromatic rings. The lowest BCUT2D eigenvalue weighted by molar-refractivity contribution is -0.143. The molecule has 0 aliphatic carbocycles. The molecule has 0 bridgehead atoms. The maximum Gasteiger partial charge on any atom is 0.307 e. The van der Waals surface area contributed by atoms with Gasteiger partial charge in [0.2, 0.25) is 0 Å². The van der Waals surface area contributed by atoms with Crippen LogP contribution >= 0.6 is 0 Å². The Balaban J connectivity index is 1.50. The second-order valence-corrected chi connectivity index (χ2v) is 7.53. The van der Waals surface area contributed by atoms with E-state index in [1.54, 1.807) is 13.0 Å². The molecule has 1 aliphatic rings. The Morgan fingerprint density at radius 1 is 0.969 bits per heavy atom. The summed E-state index contributed by atoms with van der Waals surface area (Å²) in [6.07, 6.45) is -0.493. The molecule has 3 aromatic carbocycles. The van der Waals surface area contributed by atoms with Gasteiger partial charge in [0.15, 0.2) is 11.5 Å². The quantitative estimate of drug-likeness (QED) is 0.393. The first-order valence-electron chi connectivity index (χ1n) is 10.8. The van der Waals surface area contributed by atoms with Crippen molar-refractivity contribution in [3.8, 4) is 11.5 Å². The van der Waals surface area contributed by atoms with Crippen LogP contribution in [-0.4, -0.2) is 30.8 Å². The third-order valence-corrected chi connectivity index (χ3v) is 5.32. The molecule has 1 unspecified atom stereocenters. The minimum atomic E-state index is -1.09. The van der Waals surface area contributed by atoms with E-state index in [2.05, 4.69) is 5.32 Å². The van der Waals surface area contributed by atoms with E-state index >= 15 is 0 Å². The van der Waals surface area contributed by atoms with E-state index in [1.807, 2.05) is 72.8 Å². The summed E-state index contributed by atoms with van der Waals surface area (Å²) in [7, 11) is 0. The van der Waals surface area contributed by atoms with E-state index in [1.165, 1.54) is 0 Å². The Morgan fingerprint density at radius 3 is 2.22 bits per heavy atom. The number of hydrogen-bond donors (Lipinski definition) is 2. The average molecular weight is 434 g/mol. The van der Waals surface area contributed by atoms with Crippen LogP contribution in [0.15, 0.2) is 78.9 Å². The van der Waals surface area contributed by atoms with E-state index in [0.29, 0.717) is 36.8 Å². The molecule has 1 heterocycles. The lowest BCUT2D eigenvalue weighted by Gasteiger charge is -2.28. The number of carbonyl (C=O) groups excluding carboxylic acids is 1. The highest BCUT2D eigenvalue weighted by atomic mass is 16.7. The molecular formula is C26H27NO5. The number of rotatable bonds is 9. The Bertz CT molecular complexity index is 999. The summed E-state index contributed by atoms with van der Waals surface area (Å²) < 4.78 is 17.7. The van der Waals surface area contributed by atoms with Crippen molar-refractivity contribution < 1.29 is 24.1 Å². The van der Waals surface area contributed by atoms with Crippen molar-refractivity contribution in [3.63, 3.8) is 0 Å². The van der Waals surface area contributed by atoms with Gasteiger partial charge in [0.1, 0.15) is 0 Å². The van der Waals surface area contributed by atoms with Gasteiger partial charge in [0, 0.05) is 24.2 Å². The maximum absolute atomic E-state index is 11.4. The Hall–Kier alpha value is -3.35. The molecule has 0 saturated heterocycles. The fraction of sp³-hybridized carbons (Fsp3) is 0.269. The van der Waals surface area contributed by atoms with Crippen LogP contribution in [0.4, 0.5) is 0 Å². The summed E-state index contributed by atoms with van der Waals surface area (Å²) in [5.74, 6) is -0.160. The molecule has 0 spiro atoms. The van der Waals surface area contributed by atoms with Gasteiger partial charge in [-0.3, -0.25) is 4.79 Å². The zero-order valence-electron chi connectivity index (χ0n) is 18.0. The van der Waals surface area contributed by atoms with Gasteiger partial charge in [-0.15, -0.1) is 0 Å². The number of nitrogens with one attached hydrogen (secondary N) is 1. The minimum absolute atomic E-state index is 0.254. The summed E-state index contributed by atoms with van der Waals surface area (Å²) >= 11 is 0. The van der Waals surface area contributed by atoms with Crippen LogP contribution in [0.2, 0.25) is 0 Å². The molecule has 2 N–H and O–H groups in total. The Kier molecular flexibility index (Phi) is 6.73. The van der Waals surface area contributed by atoms with E-state index in [-0.39, 0.29) is 12.4 Å². The van der Waals surface area contributed by atoms with Gasteiger partial charge in [-0.2, -0.15) is 0 Å². The monoisotopic (exact) mass is 433 g/mol. The van der Waals surface area contributed by atoms with Crippen molar-refractivity contribution in [1.29, 1.82) is 0 Å². The first kappa shape index (κ1) is 21.9. The molecule has 1 atom stereocenters. The topological polar surface area (TPSA) is 77.0 Å². The van der Waals surface area contributed by atoms with E-state index in [0.717, 1.165) is 11.1 Å². The molecule has 1 aliphatic heterocycles. The largest absolute Gasteiger partial charge is 0.466 e. The predicted octanol–water partition coefficient (Wildman–Crippen LogP) is 3.94. The van der Waals surface area contributed by atoms with Gasteiger partial charge in [0.05, 0.1) is 19.1 Å². The summed E-state index contributed by atoms with van der Waals surface area (Å²) in [5.41, 5.74) is 2.46. The smallest absolute Gasteiger partial charge is 0.307 e. The molecule has 0 fully saturated rings. The third-order valence-electron chi connectivity index (χ3n) is 5.32. The Morgan fingerprint density at radius 2 is 1.59 bits per heavy atom. The average Bonchev–Trinajstić information content (AvgIpc) is 3.23. The van der Waals surface area contributed by atoms with Crippen molar-refractivity contribution in [2.24, 2.45) is 0 Å². The number of esters is 1. The molecule has 6 nitrogen and oxygen atoms in total. The molecular weight excluding hydrogens is 406 g/mol. The number of fused-ring (bicyclic) bond motifs is 1. The standard InChI is InChI=1S/C26H27NO5/c1-2-30-25(29)15-16-27-18-22(28)19-13-14-23-24(17-19)32-26(31-23,20-9-5-3-6-10-20)21-11-7-4-8-12-21/h3-14,17,22,27-28H,2,15-16,18H2,1H3. The van der Waals surface area contributed by atoms with Crippen LogP contribution in [0.25, 0.3) is 0 Å². The number of benzene rings is 3. The summed E-state index contributed by atoms with van der Waals surface area (Å²) in [6.45, 7) is 2.89. The third kappa shape index (κ3) is 4.61. The van der Waals surface area contributed by atoms with Crippen LogP contribution in [0.1, 0.15) is 36.1 Å². The highest BCUT2D eigenvalue weighted by Gasteiger charge is 2.45. The van der Waals surface area contributed by atoms with Crippen LogP contribution < -0.4 is 14.8 Å². The fourth-order valence-electron chi connectivity index (χ4n) is 3.72. The number of carbonyl (C=O) groups is 1. The molecule has 32 heavy (non-hydrogen) atoms. The van der Waals surface area contributed by atoms with Crippen molar-refractivity contribution in [1.82, 2.24) is 5.32 Å². The predicted molar refractivity (Wildman–Crippen MR) is 120 cm³/mol. The molecule has 6 heteroatoms. The number of hydrogen-bond acceptors (Lipinski definition) is 6. The molecule has 0 saturated carbocycles. The van der Waals surface area contributed by atoms with E-state index in [4.69, 9.17) is 14.2 Å². The first-order valence-corrected chi connectivity index (χ1v) is 10.8. The minimum Gasteiger partial charge on any atom is -0.466 e. The zero-order chi connectivity index (χ0) is 22.4. The molecule has 0 amide bonds. The van der Waals surface area contributed by atoms with Gasteiger partial charge in [-0.25, -0.2) is 0 Å². The van der Waals surface area contributed by atoms with Gasteiger partial charge < -0.3 is 24.6 Å². The lowest BCUT2D eigenvalue weighted by atomic mass is 9.97. The fourth-order valence-corrected chi connectivity index (χ4v) is 3.72. The van der Waals surface area contributed by atoms with E-state index in [9.17, 15) is 9.90 Å². The summed E-state index contributed by atoms with van der Waals surface area (Å²) in [4.78, 5) is 11.4. The van der Waals surface area contributed by atoms with Crippen LogP contribution in [0.5, 0.6) is 11.5 Å². The van der Waals surface area contributed by atoms with Gasteiger partial charge in [-0.1, -0.05) is 66.7 Å². The van der Waals surface area contributed by atoms with Gasteiger partial charge in [-0.05, 0) is 24.6 Å². The molecule has 0 aromatic heterocycles. The van der Waals surface area contributed by atoms with Crippen molar-refractivity contribution in [2.75, 3.05) is 19.7 Å². The highest BCUT2D eigenvalue weighted by molar-refractivity contribution is 5.69. The normalized spacial score (nSPS) is 14.7. The number of aliphatic hydroxyl groups is 1. The van der Waals surface area contributed by atoms with Crippen molar-refractivity contribution in [3.05, 3.63) is 95.6 Å². The van der Waals surface area contributed by atoms with Crippen molar-refractivity contribution in [2.45, 2.75) is 25.2 Å². The molecule has 166 valence electrons. The Labute approximate surface area is 187 Å². The van der Waals surface area contributed by atoms with Gasteiger partial charge in [0.25, 0.3) is 0 Å². The van der Waals surface area contributed by atoms with Crippen molar-refractivity contribution >= 4 is 5.97 Å². The number of ether oxygens (including phenoxy) is 3. The first-order chi connectivity index (χ1) is 15.6.